The van der Waals surface area contributed by atoms with E-state index in [9.17, 15) is 4.39 Å². The third kappa shape index (κ3) is 4.31. The fourth-order valence-electron chi connectivity index (χ4n) is 1.97. The van der Waals surface area contributed by atoms with Gasteiger partial charge in [0, 0.05) is 17.6 Å². The molecular formula is C13H17BrFNO2. The number of hydrogen-bond acceptors (Lipinski definition) is 3. The van der Waals surface area contributed by atoms with Crippen LogP contribution in [0.25, 0.3) is 0 Å². The predicted molar refractivity (Wildman–Crippen MR) is 71.0 cm³/mol. The molecule has 2 rings (SSSR count). The summed E-state index contributed by atoms with van der Waals surface area (Å²) in [5.74, 6) is -0.257. The first-order valence-corrected chi connectivity index (χ1v) is 6.81. The van der Waals surface area contributed by atoms with Crippen molar-refractivity contribution >= 4 is 15.9 Å². The molecule has 1 aromatic rings. The quantitative estimate of drug-likeness (QED) is 0.925. The molecule has 0 amide bonds. The number of rotatable bonds is 4. The van der Waals surface area contributed by atoms with Gasteiger partial charge in [0.15, 0.2) is 0 Å². The van der Waals surface area contributed by atoms with Gasteiger partial charge in [-0.1, -0.05) is 15.9 Å². The van der Waals surface area contributed by atoms with E-state index in [1.165, 1.54) is 12.1 Å². The highest BCUT2D eigenvalue weighted by Crippen LogP contribution is 2.15. The molecule has 0 saturated carbocycles. The van der Waals surface area contributed by atoms with E-state index in [4.69, 9.17) is 9.47 Å². The molecule has 1 aliphatic heterocycles. The highest BCUT2D eigenvalue weighted by atomic mass is 79.9. The van der Waals surface area contributed by atoms with Gasteiger partial charge in [0.2, 0.25) is 0 Å². The van der Waals surface area contributed by atoms with Gasteiger partial charge in [0.05, 0.1) is 25.4 Å². The first-order chi connectivity index (χ1) is 8.63. The van der Waals surface area contributed by atoms with Crippen LogP contribution in [0.15, 0.2) is 22.7 Å². The van der Waals surface area contributed by atoms with Crippen molar-refractivity contribution in [3.63, 3.8) is 0 Å². The molecule has 1 aromatic carbocycles. The maximum Gasteiger partial charge on any atom is 0.124 e. The molecule has 1 saturated heterocycles. The average molecular weight is 318 g/mol. The second kappa shape index (κ2) is 6.61. The topological polar surface area (TPSA) is 30.5 Å². The van der Waals surface area contributed by atoms with Crippen LogP contribution in [0, 0.1) is 5.82 Å². The van der Waals surface area contributed by atoms with Crippen molar-refractivity contribution in [1.82, 2.24) is 5.32 Å². The van der Waals surface area contributed by atoms with Gasteiger partial charge in [-0.15, -0.1) is 0 Å². The summed E-state index contributed by atoms with van der Waals surface area (Å²) in [6.07, 6.45) is 0.293. The molecule has 0 spiro atoms. The minimum atomic E-state index is -0.257. The normalized spacial score (nSPS) is 24.2. The maximum atomic E-state index is 13.1. The SMILES string of the molecule is CC1CNCC(COCc2cc(F)cc(Br)c2)O1. The summed E-state index contributed by atoms with van der Waals surface area (Å²) in [5, 5.41) is 3.28. The smallest absolute Gasteiger partial charge is 0.124 e. The van der Waals surface area contributed by atoms with Crippen LogP contribution in [0.4, 0.5) is 4.39 Å². The fourth-order valence-corrected chi connectivity index (χ4v) is 2.49. The summed E-state index contributed by atoms with van der Waals surface area (Å²) in [5.41, 5.74) is 0.818. The zero-order chi connectivity index (χ0) is 13.0. The van der Waals surface area contributed by atoms with Crippen molar-refractivity contribution < 1.29 is 13.9 Å². The summed E-state index contributed by atoms with van der Waals surface area (Å²) < 4.78 is 25.1. The van der Waals surface area contributed by atoms with Crippen LogP contribution in [0.1, 0.15) is 12.5 Å². The maximum absolute atomic E-state index is 13.1. The first kappa shape index (κ1) is 13.9. The number of ether oxygens (including phenoxy) is 2. The molecule has 100 valence electrons. The second-order valence-corrected chi connectivity index (χ2v) is 5.44. The Balaban J connectivity index is 1.77. The largest absolute Gasteiger partial charge is 0.374 e. The number of hydrogen-bond donors (Lipinski definition) is 1. The summed E-state index contributed by atoms with van der Waals surface area (Å²) in [6, 6.07) is 4.76. The Morgan fingerprint density at radius 3 is 3.00 bits per heavy atom. The van der Waals surface area contributed by atoms with Crippen LogP contribution in [-0.2, 0) is 16.1 Å². The summed E-state index contributed by atoms with van der Waals surface area (Å²) >= 11 is 3.26. The summed E-state index contributed by atoms with van der Waals surface area (Å²) in [6.45, 7) is 4.63. The molecular weight excluding hydrogens is 301 g/mol. The van der Waals surface area contributed by atoms with Gasteiger partial charge in [-0.2, -0.15) is 0 Å². The average Bonchev–Trinajstić information content (AvgIpc) is 2.27. The van der Waals surface area contributed by atoms with Crippen molar-refractivity contribution in [2.24, 2.45) is 0 Å². The molecule has 2 atom stereocenters. The molecule has 1 fully saturated rings. The molecule has 0 aliphatic carbocycles. The van der Waals surface area contributed by atoms with Gasteiger partial charge in [0.1, 0.15) is 5.82 Å². The lowest BCUT2D eigenvalue weighted by Crippen LogP contribution is -2.45. The van der Waals surface area contributed by atoms with Crippen LogP contribution < -0.4 is 5.32 Å². The molecule has 1 N–H and O–H groups in total. The predicted octanol–water partition coefficient (Wildman–Crippen LogP) is 2.48. The van der Waals surface area contributed by atoms with E-state index in [-0.39, 0.29) is 18.0 Å². The van der Waals surface area contributed by atoms with E-state index in [1.54, 1.807) is 0 Å². The van der Waals surface area contributed by atoms with Crippen molar-refractivity contribution in [2.75, 3.05) is 19.7 Å². The Kier molecular flexibility index (Phi) is 5.12. The van der Waals surface area contributed by atoms with E-state index < -0.39 is 0 Å². The van der Waals surface area contributed by atoms with Gasteiger partial charge < -0.3 is 14.8 Å². The highest BCUT2D eigenvalue weighted by molar-refractivity contribution is 9.10. The number of nitrogens with one attached hydrogen (secondary N) is 1. The van der Waals surface area contributed by atoms with Crippen molar-refractivity contribution in [3.8, 4) is 0 Å². The number of morpholine rings is 1. The molecule has 0 radical (unpaired) electrons. The lowest BCUT2D eigenvalue weighted by Gasteiger charge is -2.28. The molecule has 1 aliphatic rings. The standard InChI is InChI=1S/C13H17BrFNO2/c1-9-5-16-6-13(18-9)8-17-7-10-2-11(14)4-12(15)3-10/h2-4,9,13,16H,5-8H2,1H3. The monoisotopic (exact) mass is 317 g/mol. The van der Waals surface area contributed by atoms with Gasteiger partial charge in [-0.25, -0.2) is 4.39 Å². The Bertz CT molecular complexity index is 382. The Hall–Kier alpha value is -0.490. The van der Waals surface area contributed by atoms with Crippen LogP contribution >= 0.6 is 15.9 Å². The number of benzene rings is 1. The van der Waals surface area contributed by atoms with E-state index in [2.05, 4.69) is 21.2 Å². The van der Waals surface area contributed by atoms with Gasteiger partial charge in [0.25, 0.3) is 0 Å². The fraction of sp³-hybridized carbons (Fsp3) is 0.538. The Morgan fingerprint density at radius 2 is 2.28 bits per heavy atom. The molecule has 2 unspecified atom stereocenters. The lowest BCUT2D eigenvalue weighted by molar-refractivity contribution is -0.0716. The van der Waals surface area contributed by atoms with Crippen LogP contribution in [0.5, 0.6) is 0 Å². The number of halogens is 2. The van der Waals surface area contributed by atoms with Gasteiger partial charge in [-0.3, -0.25) is 0 Å². The van der Waals surface area contributed by atoms with E-state index in [1.807, 2.05) is 13.0 Å². The second-order valence-electron chi connectivity index (χ2n) is 4.52. The summed E-state index contributed by atoms with van der Waals surface area (Å²) in [4.78, 5) is 0. The van der Waals surface area contributed by atoms with E-state index >= 15 is 0 Å². The minimum Gasteiger partial charge on any atom is -0.374 e. The van der Waals surface area contributed by atoms with Crippen LogP contribution in [0.2, 0.25) is 0 Å². The molecule has 0 bridgehead atoms. The Morgan fingerprint density at radius 1 is 1.44 bits per heavy atom. The third-order valence-corrected chi connectivity index (χ3v) is 3.18. The lowest BCUT2D eigenvalue weighted by atomic mass is 10.2. The third-order valence-electron chi connectivity index (χ3n) is 2.72. The van der Waals surface area contributed by atoms with Crippen molar-refractivity contribution in [2.45, 2.75) is 25.7 Å². The van der Waals surface area contributed by atoms with Crippen LogP contribution in [-0.4, -0.2) is 31.9 Å². The molecule has 5 heteroatoms. The molecule has 3 nitrogen and oxygen atoms in total. The van der Waals surface area contributed by atoms with E-state index in [0.29, 0.717) is 13.2 Å². The molecule has 1 heterocycles. The van der Waals surface area contributed by atoms with Crippen molar-refractivity contribution in [3.05, 3.63) is 34.1 Å². The van der Waals surface area contributed by atoms with Crippen LogP contribution in [0.3, 0.4) is 0 Å². The molecule has 18 heavy (non-hydrogen) atoms. The first-order valence-electron chi connectivity index (χ1n) is 6.02. The van der Waals surface area contributed by atoms with Gasteiger partial charge in [-0.05, 0) is 30.7 Å². The summed E-state index contributed by atoms with van der Waals surface area (Å²) in [7, 11) is 0. The van der Waals surface area contributed by atoms with Crippen molar-refractivity contribution in [1.29, 1.82) is 0 Å². The highest BCUT2D eigenvalue weighted by Gasteiger charge is 2.18. The zero-order valence-corrected chi connectivity index (χ0v) is 11.9. The van der Waals surface area contributed by atoms with E-state index in [0.717, 1.165) is 23.1 Å². The molecule has 0 aromatic heterocycles. The zero-order valence-electron chi connectivity index (χ0n) is 10.3. The van der Waals surface area contributed by atoms with Gasteiger partial charge >= 0.3 is 0 Å². The Labute approximate surface area is 115 Å². The minimum absolute atomic E-state index is 0.0748.